The third-order valence-corrected chi connectivity index (χ3v) is 2.98. The second-order valence-corrected chi connectivity index (χ2v) is 4.50. The Balaban J connectivity index is 2.08. The summed E-state index contributed by atoms with van der Waals surface area (Å²) in [6.45, 7) is 5.15. The molecule has 0 bridgehead atoms. The fourth-order valence-electron chi connectivity index (χ4n) is 2.08. The van der Waals surface area contributed by atoms with Crippen LogP contribution in [0.5, 0.6) is 5.75 Å². The summed E-state index contributed by atoms with van der Waals surface area (Å²) in [6.07, 6.45) is 1.68. The van der Waals surface area contributed by atoms with Gasteiger partial charge >= 0.3 is 5.97 Å². The Morgan fingerprint density at radius 1 is 1.19 bits per heavy atom. The number of ether oxygens (including phenoxy) is 1. The SMILES string of the molecule is C=Cc1cc(OC(C)=O)ccc1-n1nc2ccccc2n1. The van der Waals surface area contributed by atoms with E-state index in [1.54, 1.807) is 29.1 Å². The molecule has 0 atom stereocenters. The zero-order valence-corrected chi connectivity index (χ0v) is 11.5. The number of esters is 1. The molecule has 5 nitrogen and oxygen atoms in total. The van der Waals surface area contributed by atoms with E-state index in [0.717, 1.165) is 22.3 Å². The van der Waals surface area contributed by atoms with E-state index < -0.39 is 0 Å². The highest BCUT2D eigenvalue weighted by atomic mass is 16.5. The van der Waals surface area contributed by atoms with Gasteiger partial charge in [0, 0.05) is 12.5 Å². The molecule has 1 heterocycles. The standard InChI is InChI=1S/C16H13N3O2/c1-3-12-10-13(21-11(2)20)8-9-16(12)19-17-14-6-4-5-7-15(14)18-19/h3-10H,1H2,2H3. The first-order valence-electron chi connectivity index (χ1n) is 6.45. The summed E-state index contributed by atoms with van der Waals surface area (Å²) >= 11 is 0. The molecule has 0 aliphatic heterocycles. The van der Waals surface area contributed by atoms with Gasteiger partial charge in [-0.3, -0.25) is 4.79 Å². The van der Waals surface area contributed by atoms with E-state index >= 15 is 0 Å². The number of hydrogen-bond acceptors (Lipinski definition) is 4. The monoisotopic (exact) mass is 279 g/mol. The first kappa shape index (κ1) is 13.1. The van der Waals surface area contributed by atoms with E-state index in [2.05, 4.69) is 16.8 Å². The van der Waals surface area contributed by atoms with Crippen LogP contribution < -0.4 is 4.74 Å². The van der Waals surface area contributed by atoms with Gasteiger partial charge in [0.25, 0.3) is 0 Å². The minimum atomic E-state index is -0.360. The summed E-state index contributed by atoms with van der Waals surface area (Å²) in [7, 11) is 0. The molecule has 0 amide bonds. The van der Waals surface area contributed by atoms with Crippen molar-refractivity contribution in [3.8, 4) is 11.4 Å². The first-order chi connectivity index (χ1) is 10.2. The van der Waals surface area contributed by atoms with Gasteiger partial charge in [-0.2, -0.15) is 0 Å². The van der Waals surface area contributed by atoms with Gasteiger partial charge in [-0.1, -0.05) is 24.8 Å². The fourth-order valence-corrected chi connectivity index (χ4v) is 2.08. The van der Waals surface area contributed by atoms with Crippen LogP contribution in [0.1, 0.15) is 12.5 Å². The molecule has 5 heteroatoms. The molecule has 2 aromatic carbocycles. The Hall–Kier alpha value is -2.95. The van der Waals surface area contributed by atoms with E-state index in [4.69, 9.17) is 4.74 Å². The third-order valence-electron chi connectivity index (χ3n) is 2.98. The molecule has 0 spiro atoms. The van der Waals surface area contributed by atoms with Crippen LogP contribution >= 0.6 is 0 Å². The number of fused-ring (bicyclic) bond motifs is 1. The number of nitrogens with zero attached hydrogens (tertiary/aromatic N) is 3. The van der Waals surface area contributed by atoms with Gasteiger partial charge in [0.1, 0.15) is 16.8 Å². The molecule has 3 aromatic rings. The van der Waals surface area contributed by atoms with Crippen LogP contribution in [0.15, 0.2) is 49.0 Å². The zero-order valence-electron chi connectivity index (χ0n) is 11.5. The summed E-state index contributed by atoms with van der Waals surface area (Å²) in [5.74, 6) is 0.110. The summed E-state index contributed by atoms with van der Waals surface area (Å²) in [5.41, 5.74) is 3.19. The third kappa shape index (κ3) is 2.53. The van der Waals surface area contributed by atoms with Gasteiger partial charge in [0.15, 0.2) is 0 Å². The summed E-state index contributed by atoms with van der Waals surface area (Å²) in [5, 5.41) is 8.86. The summed E-state index contributed by atoms with van der Waals surface area (Å²) in [6, 6.07) is 12.9. The van der Waals surface area contributed by atoms with Crippen LogP contribution in [0.3, 0.4) is 0 Å². The lowest BCUT2D eigenvalue weighted by Gasteiger charge is -2.07. The van der Waals surface area contributed by atoms with E-state index in [9.17, 15) is 4.79 Å². The number of aromatic nitrogens is 3. The Morgan fingerprint density at radius 3 is 2.43 bits per heavy atom. The van der Waals surface area contributed by atoms with Crippen molar-refractivity contribution < 1.29 is 9.53 Å². The van der Waals surface area contributed by atoms with Crippen LogP contribution in [0.25, 0.3) is 22.8 Å². The van der Waals surface area contributed by atoms with Crippen molar-refractivity contribution in [2.45, 2.75) is 6.92 Å². The predicted octanol–water partition coefficient (Wildman–Crippen LogP) is 2.99. The smallest absolute Gasteiger partial charge is 0.308 e. The van der Waals surface area contributed by atoms with Gasteiger partial charge in [-0.25, -0.2) is 0 Å². The first-order valence-corrected chi connectivity index (χ1v) is 6.45. The largest absolute Gasteiger partial charge is 0.427 e. The Bertz CT molecular complexity index is 803. The second-order valence-electron chi connectivity index (χ2n) is 4.50. The molecule has 1 aromatic heterocycles. The number of hydrogen-bond donors (Lipinski definition) is 0. The highest BCUT2D eigenvalue weighted by molar-refractivity contribution is 5.74. The summed E-state index contributed by atoms with van der Waals surface area (Å²) < 4.78 is 5.07. The maximum absolute atomic E-state index is 11.0. The molecule has 3 rings (SSSR count). The number of rotatable bonds is 3. The molecule has 0 aliphatic carbocycles. The summed E-state index contributed by atoms with van der Waals surface area (Å²) in [4.78, 5) is 12.6. The van der Waals surface area contributed by atoms with Crippen molar-refractivity contribution in [2.24, 2.45) is 0 Å². The average molecular weight is 279 g/mol. The molecule has 0 N–H and O–H groups in total. The lowest BCUT2D eigenvalue weighted by atomic mass is 10.1. The Kier molecular flexibility index (Phi) is 3.23. The highest BCUT2D eigenvalue weighted by Crippen LogP contribution is 2.22. The van der Waals surface area contributed by atoms with E-state index in [1.165, 1.54) is 6.92 Å². The van der Waals surface area contributed by atoms with E-state index in [0.29, 0.717) is 5.75 Å². The maximum atomic E-state index is 11.0. The Labute approximate surface area is 121 Å². The molecule has 104 valence electrons. The number of carbonyl (C=O) groups is 1. The quantitative estimate of drug-likeness (QED) is 0.546. The van der Waals surface area contributed by atoms with Crippen LogP contribution in [0, 0.1) is 0 Å². The molecule has 0 saturated carbocycles. The molecule has 0 fully saturated rings. The molecule has 0 unspecified atom stereocenters. The van der Waals surface area contributed by atoms with E-state index in [1.807, 2.05) is 24.3 Å². The molecule has 0 radical (unpaired) electrons. The zero-order chi connectivity index (χ0) is 14.8. The van der Waals surface area contributed by atoms with Crippen LogP contribution in [0.2, 0.25) is 0 Å². The van der Waals surface area contributed by atoms with Crippen molar-refractivity contribution in [3.05, 3.63) is 54.6 Å². The van der Waals surface area contributed by atoms with Crippen LogP contribution in [0.4, 0.5) is 0 Å². The van der Waals surface area contributed by atoms with Crippen molar-refractivity contribution in [1.29, 1.82) is 0 Å². The second kappa shape index (κ2) is 5.20. The lowest BCUT2D eigenvalue weighted by molar-refractivity contribution is -0.131. The Morgan fingerprint density at radius 2 is 1.86 bits per heavy atom. The predicted molar refractivity (Wildman–Crippen MR) is 80.3 cm³/mol. The van der Waals surface area contributed by atoms with Gasteiger partial charge in [-0.05, 0) is 30.3 Å². The highest BCUT2D eigenvalue weighted by Gasteiger charge is 2.09. The minimum Gasteiger partial charge on any atom is -0.427 e. The topological polar surface area (TPSA) is 57.0 Å². The molecular weight excluding hydrogens is 266 g/mol. The maximum Gasteiger partial charge on any atom is 0.308 e. The van der Waals surface area contributed by atoms with Gasteiger partial charge in [0.2, 0.25) is 0 Å². The molecule has 21 heavy (non-hydrogen) atoms. The van der Waals surface area contributed by atoms with E-state index in [-0.39, 0.29) is 5.97 Å². The minimum absolute atomic E-state index is 0.360. The van der Waals surface area contributed by atoms with Crippen molar-refractivity contribution >= 4 is 23.1 Å². The average Bonchev–Trinajstić information content (AvgIpc) is 2.90. The van der Waals surface area contributed by atoms with Gasteiger partial charge in [0.05, 0.1) is 5.69 Å². The van der Waals surface area contributed by atoms with Gasteiger partial charge in [-0.15, -0.1) is 15.0 Å². The van der Waals surface area contributed by atoms with Crippen LogP contribution in [-0.2, 0) is 4.79 Å². The lowest BCUT2D eigenvalue weighted by Crippen LogP contribution is -2.04. The van der Waals surface area contributed by atoms with Crippen molar-refractivity contribution in [2.75, 3.05) is 0 Å². The normalized spacial score (nSPS) is 10.5. The molecule has 0 saturated heterocycles. The number of benzene rings is 2. The molecular formula is C16H13N3O2. The molecule has 0 aliphatic rings. The number of carbonyl (C=O) groups excluding carboxylic acids is 1. The fraction of sp³-hybridized carbons (Fsp3) is 0.0625. The van der Waals surface area contributed by atoms with Gasteiger partial charge < -0.3 is 4.74 Å². The van der Waals surface area contributed by atoms with Crippen LogP contribution in [-0.4, -0.2) is 21.0 Å². The van der Waals surface area contributed by atoms with Crippen molar-refractivity contribution in [1.82, 2.24) is 15.0 Å². The van der Waals surface area contributed by atoms with Crippen molar-refractivity contribution in [3.63, 3.8) is 0 Å².